The van der Waals surface area contributed by atoms with Crippen LogP contribution in [0.1, 0.15) is 6.42 Å². The number of carbonyl (C=O) groups is 1. The van der Waals surface area contributed by atoms with E-state index in [1.807, 2.05) is 12.2 Å². The predicted molar refractivity (Wildman–Crippen MR) is 38.5 cm³/mol. The summed E-state index contributed by atoms with van der Waals surface area (Å²) in [5, 5.41) is 0. The molecule has 2 aliphatic rings. The number of ether oxygens (including phenoxy) is 2. The molecule has 2 rings (SSSR count). The number of fused-ring (bicyclic) bond motifs is 2. The van der Waals surface area contributed by atoms with Crippen LogP contribution in [0.3, 0.4) is 0 Å². The third kappa shape index (κ3) is 1.26. The molecule has 0 aromatic rings. The first kappa shape index (κ1) is 7.13. The first-order chi connectivity index (χ1) is 5.25. The van der Waals surface area contributed by atoms with Crippen molar-refractivity contribution in [2.24, 2.45) is 0 Å². The molecule has 0 saturated carbocycles. The average molecular weight is 175 g/mol. The van der Waals surface area contributed by atoms with Gasteiger partial charge in [-0.05, 0) is 0 Å². The van der Waals surface area contributed by atoms with Gasteiger partial charge >= 0.3 is 5.43 Å². The van der Waals surface area contributed by atoms with Gasteiger partial charge in [-0.2, -0.15) is 0 Å². The molecule has 60 valence electrons. The molecule has 1 saturated heterocycles. The Balaban J connectivity index is 1.98. The zero-order valence-electron chi connectivity index (χ0n) is 5.70. The SMILES string of the molecule is O=C(Cl)OC1CC2C=CC1O2. The van der Waals surface area contributed by atoms with Gasteiger partial charge in [-0.3, -0.25) is 0 Å². The Morgan fingerprint density at radius 1 is 1.64 bits per heavy atom. The standard InChI is InChI=1S/C7H7ClO3/c8-7(9)11-6-3-4-1-2-5(6)10-4/h1-2,4-6H,3H2. The van der Waals surface area contributed by atoms with E-state index in [4.69, 9.17) is 21.1 Å². The van der Waals surface area contributed by atoms with E-state index in [0.29, 0.717) is 0 Å². The van der Waals surface area contributed by atoms with Gasteiger partial charge in [0.25, 0.3) is 0 Å². The van der Waals surface area contributed by atoms with E-state index in [9.17, 15) is 4.79 Å². The Morgan fingerprint density at radius 2 is 2.45 bits per heavy atom. The normalized spacial score (nSPS) is 39.5. The highest BCUT2D eigenvalue weighted by molar-refractivity contribution is 6.61. The Hall–Kier alpha value is -0.540. The fourth-order valence-corrected chi connectivity index (χ4v) is 1.58. The minimum absolute atomic E-state index is 0.0669. The van der Waals surface area contributed by atoms with Crippen LogP contribution < -0.4 is 0 Å². The zero-order chi connectivity index (χ0) is 7.84. The first-order valence-electron chi connectivity index (χ1n) is 3.45. The first-order valence-corrected chi connectivity index (χ1v) is 3.83. The molecule has 2 heterocycles. The lowest BCUT2D eigenvalue weighted by molar-refractivity contribution is 0.0598. The molecule has 2 bridgehead atoms. The van der Waals surface area contributed by atoms with Crippen molar-refractivity contribution >= 4 is 17.0 Å². The Kier molecular flexibility index (Phi) is 1.62. The largest absolute Gasteiger partial charge is 0.447 e. The van der Waals surface area contributed by atoms with Crippen molar-refractivity contribution < 1.29 is 14.3 Å². The van der Waals surface area contributed by atoms with Gasteiger partial charge in [0, 0.05) is 18.0 Å². The summed E-state index contributed by atoms with van der Waals surface area (Å²) in [6, 6.07) is 0. The number of hydrogen-bond acceptors (Lipinski definition) is 3. The summed E-state index contributed by atoms with van der Waals surface area (Å²) in [4.78, 5) is 10.3. The summed E-state index contributed by atoms with van der Waals surface area (Å²) < 4.78 is 10.1. The van der Waals surface area contributed by atoms with Crippen molar-refractivity contribution in [3.63, 3.8) is 0 Å². The summed E-state index contributed by atoms with van der Waals surface area (Å²) in [5.41, 5.74) is -0.750. The van der Waals surface area contributed by atoms with Gasteiger partial charge in [0.1, 0.15) is 12.2 Å². The van der Waals surface area contributed by atoms with E-state index in [2.05, 4.69) is 0 Å². The van der Waals surface area contributed by atoms with Crippen molar-refractivity contribution in [3.05, 3.63) is 12.2 Å². The summed E-state index contributed by atoms with van der Waals surface area (Å²) in [6.07, 6.45) is 4.50. The van der Waals surface area contributed by atoms with Gasteiger partial charge in [-0.15, -0.1) is 0 Å². The smallest absolute Gasteiger partial charge is 0.404 e. The number of carbonyl (C=O) groups excluding carboxylic acids is 1. The van der Waals surface area contributed by atoms with Crippen LogP contribution in [0.4, 0.5) is 4.79 Å². The molecule has 2 aliphatic heterocycles. The van der Waals surface area contributed by atoms with Gasteiger partial charge in [-0.1, -0.05) is 12.2 Å². The van der Waals surface area contributed by atoms with E-state index in [-0.39, 0.29) is 18.3 Å². The van der Waals surface area contributed by atoms with Crippen LogP contribution in [0.15, 0.2) is 12.2 Å². The van der Waals surface area contributed by atoms with Gasteiger partial charge in [0.15, 0.2) is 0 Å². The summed E-state index contributed by atoms with van der Waals surface area (Å²) in [5.74, 6) is 0. The topological polar surface area (TPSA) is 35.5 Å². The highest BCUT2D eigenvalue weighted by Gasteiger charge is 2.38. The predicted octanol–water partition coefficient (Wildman–Crippen LogP) is 1.46. The quantitative estimate of drug-likeness (QED) is 0.446. The fourth-order valence-electron chi connectivity index (χ4n) is 1.47. The van der Waals surface area contributed by atoms with Crippen molar-refractivity contribution in [1.29, 1.82) is 0 Å². The van der Waals surface area contributed by atoms with Crippen molar-refractivity contribution in [3.8, 4) is 0 Å². The molecular weight excluding hydrogens is 168 g/mol. The van der Waals surface area contributed by atoms with Gasteiger partial charge < -0.3 is 9.47 Å². The molecule has 0 N–H and O–H groups in total. The molecule has 1 fully saturated rings. The monoisotopic (exact) mass is 174 g/mol. The average Bonchev–Trinajstić information content (AvgIpc) is 2.45. The lowest BCUT2D eigenvalue weighted by atomic mass is 10.1. The number of halogens is 1. The lowest BCUT2D eigenvalue weighted by Gasteiger charge is -2.13. The van der Waals surface area contributed by atoms with Gasteiger partial charge in [-0.25, -0.2) is 4.79 Å². The van der Waals surface area contributed by atoms with Crippen LogP contribution in [0, 0.1) is 0 Å². The molecule has 11 heavy (non-hydrogen) atoms. The van der Waals surface area contributed by atoms with Crippen molar-refractivity contribution in [2.45, 2.75) is 24.7 Å². The highest BCUT2D eigenvalue weighted by Crippen LogP contribution is 2.30. The van der Waals surface area contributed by atoms with Crippen LogP contribution >= 0.6 is 11.6 Å². The third-order valence-corrected chi connectivity index (χ3v) is 2.01. The molecule has 0 amide bonds. The second kappa shape index (κ2) is 2.50. The molecular formula is C7H7ClO3. The summed E-state index contributed by atoms with van der Waals surface area (Å²) >= 11 is 5.05. The minimum atomic E-state index is -0.750. The minimum Gasteiger partial charge on any atom is -0.447 e. The van der Waals surface area contributed by atoms with E-state index in [1.54, 1.807) is 0 Å². The van der Waals surface area contributed by atoms with E-state index < -0.39 is 5.43 Å². The molecule has 3 nitrogen and oxygen atoms in total. The van der Waals surface area contributed by atoms with Crippen LogP contribution in [0.25, 0.3) is 0 Å². The maximum Gasteiger partial charge on any atom is 0.404 e. The number of rotatable bonds is 1. The maximum absolute atomic E-state index is 10.3. The van der Waals surface area contributed by atoms with Crippen LogP contribution in [-0.2, 0) is 9.47 Å². The third-order valence-electron chi connectivity index (χ3n) is 1.92. The molecule has 0 aromatic heterocycles. The second-order valence-corrected chi connectivity index (χ2v) is 2.96. The van der Waals surface area contributed by atoms with E-state index >= 15 is 0 Å². The van der Waals surface area contributed by atoms with Crippen molar-refractivity contribution in [1.82, 2.24) is 0 Å². The van der Waals surface area contributed by atoms with Crippen LogP contribution in [0.2, 0.25) is 0 Å². The Bertz CT molecular complexity index is 214. The van der Waals surface area contributed by atoms with E-state index in [1.165, 1.54) is 0 Å². The molecule has 0 aliphatic carbocycles. The van der Waals surface area contributed by atoms with Crippen molar-refractivity contribution in [2.75, 3.05) is 0 Å². The summed E-state index contributed by atoms with van der Waals surface area (Å²) in [6.45, 7) is 0. The van der Waals surface area contributed by atoms with Gasteiger partial charge in [0.05, 0.1) is 6.10 Å². The summed E-state index contributed by atoms with van der Waals surface area (Å²) in [7, 11) is 0. The Morgan fingerprint density at radius 3 is 2.91 bits per heavy atom. The molecule has 0 spiro atoms. The number of hydrogen-bond donors (Lipinski definition) is 0. The molecule has 4 heteroatoms. The molecule has 3 atom stereocenters. The fraction of sp³-hybridized carbons (Fsp3) is 0.571. The second-order valence-electron chi connectivity index (χ2n) is 2.65. The van der Waals surface area contributed by atoms with Crippen LogP contribution in [-0.4, -0.2) is 23.7 Å². The molecule has 0 radical (unpaired) electrons. The van der Waals surface area contributed by atoms with E-state index in [0.717, 1.165) is 6.42 Å². The highest BCUT2D eigenvalue weighted by atomic mass is 35.5. The Labute approximate surface area is 68.9 Å². The molecule has 0 aromatic carbocycles. The van der Waals surface area contributed by atoms with Gasteiger partial charge in [0.2, 0.25) is 0 Å². The van der Waals surface area contributed by atoms with Crippen LogP contribution in [0.5, 0.6) is 0 Å². The maximum atomic E-state index is 10.3. The molecule has 3 unspecified atom stereocenters. The lowest BCUT2D eigenvalue weighted by Crippen LogP contribution is -2.23. The zero-order valence-corrected chi connectivity index (χ0v) is 6.45.